The van der Waals surface area contributed by atoms with Gasteiger partial charge in [-0.2, -0.15) is 0 Å². The van der Waals surface area contributed by atoms with Gasteiger partial charge in [-0.25, -0.2) is 4.79 Å². The lowest BCUT2D eigenvalue weighted by Crippen LogP contribution is -2.42. The summed E-state index contributed by atoms with van der Waals surface area (Å²) in [6.45, 7) is 4.08. The fourth-order valence-corrected chi connectivity index (χ4v) is 2.26. The number of nitrogens with zero attached hydrogens (tertiary/aromatic N) is 1. The zero-order chi connectivity index (χ0) is 18.9. The highest BCUT2D eigenvalue weighted by Crippen LogP contribution is 2.32. The van der Waals surface area contributed by atoms with Crippen LogP contribution in [0, 0.1) is 0 Å². The molecule has 1 N–H and O–H groups in total. The molecule has 0 radical (unpaired) electrons. The van der Waals surface area contributed by atoms with Gasteiger partial charge < -0.3 is 24.4 Å². The molecule has 26 heavy (non-hydrogen) atoms. The lowest BCUT2D eigenvalue weighted by molar-refractivity contribution is -0.148. The van der Waals surface area contributed by atoms with Crippen LogP contribution in [0.5, 0.6) is 11.5 Å². The Balaban J connectivity index is 1.81. The van der Waals surface area contributed by atoms with Crippen molar-refractivity contribution in [2.75, 3.05) is 33.0 Å². The van der Waals surface area contributed by atoms with E-state index in [1.807, 2.05) is 0 Å². The van der Waals surface area contributed by atoms with Gasteiger partial charge in [0.25, 0.3) is 5.91 Å². The number of carbonyl (C=O) groups excluding carboxylic acids is 3. The fourth-order valence-electron chi connectivity index (χ4n) is 2.26. The van der Waals surface area contributed by atoms with E-state index in [4.69, 9.17) is 14.2 Å². The van der Waals surface area contributed by atoms with Crippen molar-refractivity contribution in [2.24, 2.45) is 0 Å². The first kappa shape index (κ1) is 19.3. The smallest absolute Gasteiger partial charge is 0.331 e. The second kappa shape index (κ2) is 9.45. The molecule has 2 amide bonds. The minimum Gasteiger partial charge on any atom is -0.454 e. The maximum Gasteiger partial charge on any atom is 0.331 e. The molecule has 0 unspecified atom stereocenters. The SMILES string of the molecule is CCNC(=O)CN(CC)C(=O)COC(=O)/C=C/c1ccc2c(c1)OCO2. The zero-order valence-corrected chi connectivity index (χ0v) is 14.8. The Morgan fingerprint density at radius 1 is 1.23 bits per heavy atom. The second-order valence-corrected chi connectivity index (χ2v) is 5.42. The summed E-state index contributed by atoms with van der Waals surface area (Å²) in [6, 6.07) is 5.26. The van der Waals surface area contributed by atoms with E-state index >= 15 is 0 Å². The van der Waals surface area contributed by atoms with Gasteiger partial charge in [-0.05, 0) is 37.6 Å². The van der Waals surface area contributed by atoms with Crippen LogP contribution in [0.4, 0.5) is 0 Å². The van der Waals surface area contributed by atoms with E-state index in [1.54, 1.807) is 38.1 Å². The average Bonchev–Trinajstić information content (AvgIpc) is 3.10. The molecule has 0 aliphatic carbocycles. The van der Waals surface area contributed by atoms with Crippen LogP contribution in [0.2, 0.25) is 0 Å². The van der Waals surface area contributed by atoms with E-state index < -0.39 is 18.5 Å². The molecular weight excluding hydrogens is 340 g/mol. The zero-order valence-electron chi connectivity index (χ0n) is 14.8. The highest BCUT2D eigenvalue weighted by Gasteiger charge is 2.16. The van der Waals surface area contributed by atoms with E-state index in [9.17, 15) is 14.4 Å². The van der Waals surface area contributed by atoms with Gasteiger partial charge in [0.1, 0.15) is 0 Å². The molecule has 8 nitrogen and oxygen atoms in total. The van der Waals surface area contributed by atoms with Gasteiger partial charge in [0.15, 0.2) is 18.1 Å². The van der Waals surface area contributed by atoms with Crippen molar-refractivity contribution in [3.05, 3.63) is 29.8 Å². The molecule has 0 aromatic heterocycles. The van der Waals surface area contributed by atoms with E-state index in [0.717, 1.165) is 5.56 Å². The number of fused-ring (bicyclic) bond motifs is 1. The lowest BCUT2D eigenvalue weighted by atomic mass is 10.2. The van der Waals surface area contributed by atoms with Gasteiger partial charge in [0.2, 0.25) is 12.7 Å². The first-order valence-electron chi connectivity index (χ1n) is 8.32. The van der Waals surface area contributed by atoms with Gasteiger partial charge in [0, 0.05) is 19.2 Å². The Morgan fingerprint density at radius 2 is 2.00 bits per heavy atom. The van der Waals surface area contributed by atoms with Crippen molar-refractivity contribution in [1.29, 1.82) is 0 Å². The summed E-state index contributed by atoms with van der Waals surface area (Å²) >= 11 is 0. The maximum absolute atomic E-state index is 12.0. The molecule has 8 heteroatoms. The van der Waals surface area contributed by atoms with E-state index in [-0.39, 0.29) is 19.2 Å². The third-order valence-corrected chi connectivity index (χ3v) is 3.59. The first-order chi connectivity index (χ1) is 12.5. The van der Waals surface area contributed by atoms with E-state index in [0.29, 0.717) is 24.6 Å². The first-order valence-corrected chi connectivity index (χ1v) is 8.32. The quantitative estimate of drug-likeness (QED) is 0.547. The number of hydrogen-bond donors (Lipinski definition) is 1. The average molecular weight is 362 g/mol. The molecule has 0 saturated carbocycles. The normalized spacial score (nSPS) is 12.1. The number of esters is 1. The van der Waals surface area contributed by atoms with Gasteiger partial charge >= 0.3 is 5.97 Å². The number of benzene rings is 1. The lowest BCUT2D eigenvalue weighted by Gasteiger charge is -2.19. The van der Waals surface area contributed by atoms with Crippen molar-refractivity contribution < 1.29 is 28.6 Å². The van der Waals surface area contributed by atoms with Gasteiger partial charge in [-0.15, -0.1) is 0 Å². The minimum atomic E-state index is -0.648. The summed E-state index contributed by atoms with van der Waals surface area (Å²) in [6.07, 6.45) is 2.78. The predicted octanol–water partition coefficient (Wildman–Crippen LogP) is 0.956. The van der Waals surface area contributed by atoms with Crippen LogP contribution in [-0.2, 0) is 19.1 Å². The Labute approximate surface area is 151 Å². The summed E-state index contributed by atoms with van der Waals surface area (Å²) < 4.78 is 15.4. The second-order valence-electron chi connectivity index (χ2n) is 5.42. The molecule has 0 saturated heterocycles. The predicted molar refractivity (Wildman–Crippen MR) is 93.5 cm³/mol. The molecule has 0 atom stereocenters. The number of rotatable bonds is 8. The number of amides is 2. The Morgan fingerprint density at radius 3 is 2.73 bits per heavy atom. The van der Waals surface area contributed by atoms with Crippen LogP contribution >= 0.6 is 0 Å². The Kier molecular flexibility index (Phi) is 7.02. The summed E-state index contributed by atoms with van der Waals surface area (Å²) in [5.41, 5.74) is 0.740. The molecule has 140 valence electrons. The summed E-state index contributed by atoms with van der Waals surface area (Å²) in [5.74, 6) is -0.0629. The van der Waals surface area contributed by atoms with Crippen molar-refractivity contribution >= 4 is 23.9 Å². The minimum absolute atomic E-state index is 0.0617. The topological polar surface area (TPSA) is 94.2 Å². The van der Waals surface area contributed by atoms with Gasteiger partial charge in [0.05, 0.1) is 6.54 Å². The molecule has 2 rings (SSSR count). The standard InChI is InChI=1S/C18H22N2O6/c1-3-19-16(21)10-20(4-2)17(22)11-24-18(23)8-6-13-5-7-14-15(9-13)26-12-25-14/h5-9H,3-4,10-12H2,1-2H3,(H,19,21)/b8-6+. The molecule has 0 spiro atoms. The number of ether oxygens (including phenoxy) is 3. The molecule has 1 aromatic rings. The van der Waals surface area contributed by atoms with Crippen molar-refractivity contribution in [3.8, 4) is 11.5 Å². The van der Waals surface area contributed by atoms with Crippen molar-refractivity contribution in [2.45, 2.75) is 13.8 Å². The number of hydrogen-bond acceptors (Lipinski definition) is 6. The third kappa shape index (κ3) is 5.51. The summed E-state index contributed by atoms with van der Waals surface area (Å²) in [4.78, 5) is 36.7. The van der Waals surface area contributed by atoms with Crippen LogP contribution in [0.15, 0.2) is 24.3 Å². The maximum atomic E-state index is 12.0. The van der Waals surface area contributed by atoms with Crippen molar-refractivity contribution in [3.63, 3.8) is 0 Å². The van der Waals surface area contributed by atoms with Crippen LogP contribution < -0.4 is 14.8 Å². The molecule has 1 aliphatic rings. The highest BCUT2D eigenvalue weighted by molar-refractivity contribution is 5.90. The molecule has 1 heterocycles. The van der Waals surface area contributed by atoms with Crippen LogP contribution in [-0.4, -0.2) is 55.7 Å². The van der Waals surface area contributed by atoms with Gasteiger partial charge in [-0.1, -0.05) is 6.07 Å². The van der Waals surface area contributed by atoms with Gasteiger partial charge in [-0.3, -0.25) is 9.59 Å². The number of nitrogens with one attached hydrogen (secondary N) is 1. The summed E-state index contributed by atoms with van der Waals surface area (Å²) in [7, 11) is 0. The van der Waals surface area contributed by atoms with E-state index in [2.05, 4.69) is 5.32 Å². The third-order valence-electron chi connectivity index (χ3n) is 3.59. The van der Waals surface area contributed by atoms with Crippen LogP contribution in [0.1, 0.15) is 19.4 Å². The Bertz CT molecular complexity index is 701. The molecule has 1 aliphatic heterocycles. The number of likely N-dealkylation sites (N-methyl/N-ethyl adjacent to an activating group) is 2. The monoisotopic (exact) mass is 362 g/mol. The van der Waals surface area contributed by atoms with Crippen LogP contribution in [0.3, 0.4) is 0 Å². The highest BCUT2D eigenvalue weighted by atomic mass is 16.7. The molecule has 0 bridgehead atoms. The fraction of sp³-hybridized carbons (Fsp3) is 0.389. The van der Waals surface area contributed by atoms with Crippen LogP contribution in [0.25, 0.3) is 6.08 Å². The molecular formula is C18H22N2O6. The van der Waals surface area contributed by atoms with E-state index in [1.165, 1.54) is 11.0 Å². The Hall–Kier alpha value is -3.03. The molecule has 0 fully saturated rings. The van der Waals surface area contributed by atoms with Crippen molar-refractivity contribution in [1.82, 2.24) is 10.2 Å². The number of carbonyl (C=O) groups is 3. The summed E-state index contributed by atoms with van der Waals surface area (Å²) in [5, 5.41) is 2.62. The largest absolute Gasteiger partial charge is 0.454 e. The molecule has 1 aromatic carbocycles.